The summed E-state index contributed by atoms with van der Waals surface area (Å²) in [4.78, 5) is 38.5. The van der Waals surface area contributed by atoms with E-state index in [0.717, 1.165) is 29.5 Å². The average molecular weight is 551 g/mol. The van der Waals surface area contributed by atoms with Gasteiger partial charge in [0.2, 0.25) is 21.8 Å². The zero-order valence-corrected chi connectivity index (χ0v) is 23.0. The number of carbonyl (C=O) groups is 2. The molecule has 12 nitrogen and oxygen atoms in total. The highest BCUT2D eigenvalue weighted by molar-refractivity contribution is 7.92. The van der Waals surface area contributed by atoms with E-state index in [4.69, 9.17) is 9.47 Å². The third-order valence-electron chi connectivity index (χ3n) is 5.81. The molecule has 0 spiro atoms. The summed E-state index contributed by atoms with van der Waals surface area (Å²) in [5.41, 5.74) is 0.113. The molecule has 0 bridgehead atoms. The molecule has 0 saturated carbocycles. The van der Waals surface area contributed by atoms with Gasteiger partial charge in [-0.25, -0.2) is 8.42 Å². The number of benzene rings is 2. The number of unbranched alkanes of at least 4 members (excludes halogenated alkanes) is 1. The molecule has 0 unspecified atom stereocenters. The van der Waals surface area contributed by atoms with Crippen molar-refractivity contribution in [2.45, 2.75) is 39.3 Å². The highest BCUT2D eigenvalue weighted by Crippen LogP contribution is 2.34. The van der Waals surface area contributed by atoms with Gasteiger partial charge < -0.3 is 19.7 Å². The smallest absolute Gasteiger partial charge is 0.271 e. The minimum absolute atomic E-state index is 0.0118. The molecule has 2 aromatic rings. The van der Waals surface area contributed by atoms with Crippen LogP contribution in [0, 0.1) is 10.1 Å². The molecule has 0 aromatic heterocycles. The van der Waals surface area contributed by atoms with Crippen LogP contribution in [0.3, 0.4) is 0 Å². The topological polar surface area (TPSA) is 148 Å². The van der Waals surface area contributed by atoms with Crippen molar-refractivity contribution in [3.05, 3.63) is 58.1 Å². The van der Waals surface area contributed by atoms with Crippen molar-refractivity contribution in [2.75, 3.05) is 37.9 Å². The first-order valence-corrected chi connectivity index (χ1v) is 13.8. The third kappa shape index (κ3) is 8.07. The Morgan fingerprint density at radius 1 is 1.13 bits per heavy atom. The molecule has 2 rings (SSSR count). The van der Waals surface area contributed by atoms with Gasteiger partial charge in [0.05, 0.1) is 25.4 Å². The van der Waals surface area contributed by atoms with Gasteiger partial charge in [-0.3, -0.25) is 24.0 Å². The highest BCUT2D eigenvalue weighted by Gasteiger charge is 2.32. The number of carbonyl (C=O) groups excluding carboxylic acids is 2. The lowest BCUT2D eigenvalue weighted by atomic mass is 10.1. The lowest BCUT2D eigenvalue weighted by molar-refractivity contribution is -0.384. The standard InChI is InChI=1S/C25H34N4O8S/c1-6-7-13-26-25(31)18(2)27(16-19-9-8-10-21(14-19)36-3)24(30)17-28(38(5,34)35)22-15-20(29(32)33)11-12-23(22)37-4/h8-12,14-15,18H,6-7,13,16-17H2,1-5H3,(H,26,31)/t18-/m0/s1. The van der Waals surface area contributed by atoms with Crippen LogP contribution in [0.15, 0.2) is 42.5 Å². The number of anilines is 1. The maximum atomic E-state index is 13.7. The number of sulfonamides is 1. The maximum Gasteiger partial charge on any atom is 0.271 e. The fourth-order valence-electron chi connectivity index (χ4n) is 3.67. The van der Waals surface area contributed by atoms with Gasteiger partial charge in [-0.2, -0.15) is 0 Å². The minimum atomic E-state index is -4.11. The number of hydrogen-bond donors (Lipinski definition) is 1. The van der Waals surface area contributed by atoms with Gasteiger partial charge in [0.1, 0.15) is 29.8 Å². The van der Waals surface area contributed by atoms with E-state index >= 15 is 0 Å². The first kappa shape index (κ1) is 30.4. The molecule has 1 N–H and O–H groups in total. The zero-order valence-electron chi connectivity index (χ0n) is 22.2. The van der Waals surface area contributed by atoms with Crippen molar-refractivity contribution >= 4 is 33.2 Å². The molecule has 2 aromatic carbocycles. The molecule has 38 heavy (non-hydrogen) atoms. The SMILES string of the molecule is CCCCNC(=O)[C@H](C)N(Cc1cccc(OC)c1)C(=O)CN(c1cc([N+](=O)[O-])ccc1OC)S(C)(=O)=O. The molecule has 208 valence electrons. The quantitative estimate of drug-likeness (QED) is 0.214. The number of rotatable bonds is 14. The van der Waals surface area contributed by atoms with Crippen LogP contribution in [0.25, 0.3) is 0 Å². The second kappa shape index (κ2) is 13.6. The number of amides is 2. The van der Waals surface area contributed by atoms with E-state index in [0.29, 0.717) is 17.9 Å². The normalized spacial score (nSPS) is 11.8. The Balaban J connectivity index is 2.49. The Morgan fingerprint density at radius 2 is 1.84 bits per heavy atom. The summed E-state index contributed by atoms with van der Waals surface area (Å²) >= 11 is 0. The fourth-order valence-corrected chi connectivity index (χ4v) is 4.51. The van der Waals surface area contributed by atoms with Gasteiger partial charge >= 0.3 is 0 Å². The number of nitro groups is 1. The number of nitrogens with one attached hydrogen (secondary N) is 1. The van der Waals surface area contributed by atoms with Crippen LogP contribution in [0.4, 0.5) is 11.4 Å². The summed E-state index contributed by atoms with van der Waals surface area (Å²) in [6.45, 7) is 3.24. The van der Waals surface area contributed by atoms with E-state index in [1.165, 1.54) is 31.3 Å². The zero-order chi connectivity index (χ0) is 28.5. The molecular weight excluding hydrogens is 516 g/mol. The van der Waals surface area contributed by atoms with Crippen LogP contribution >= 0.6 is 0 Å². The van der Waals surface area contributed by atoms with Crippen LogP contribution in [0.1, 0.15) is 32.3 Å². The highest BCUT2D eigenvalue weighted by atomic mass is 32.2. The molecule has 1 atom stereocenters. The molecule has 0 fully saturated rings. The average Bonchev–Trinajstić information content (AvgIpc) is 2.88. The molecule has 13 heteroatoms. The lowest BCUT2D eigenvalue weighted by Crippen LogP contribution is -2.51. The summed E-state index contributed by atoms with van der Waals surface area (Å²) in [7, 11) is -1.32. The second-order valence-corrected chi connectivity index (χ2v) is 10.5. The van der Waals surface area contributed by atoms with E-state index in [9.17, 15) is 28.1 Å². The second-order valence-electron chi connectivity index (χ2n) is 8.58. The maximum absolute atomic E-state index is 13.7. The predicted molar refractivity (Wildman–Crippen MR) is 143 cm³/mol. The monoisotopic (exact) mass is 550 g/mol. The van der Waals surface area contributed by atoms with Crippen molar-refractivity contribution in [3.63, 3.8) is 0 Å². The Kier molecular flexibility index (Phi) is 10.9. The van der Waals surface area contributed by atoms with Gasteiger partial charge in [-0.1, -0.05) is 25.5 Å². The van der Waals surface area contributed by atoms with Crippen LogP contribution < -0.4 is 19.1 Å². The summed E-state index contributed by atoms with van der Waals surface area (Å²) < 4.78 is 36.8. The fraction of sp³-hybridized carbons (Fsp3) is 0.440. The molecule has 0 radical (unpaired) electrons. The molecular formula is C25H34N4O8S. The summed E-state index contributed by atoms with van der Waals surface area (Å²) in [5.74, 6) is -0.508. The van der Waals surface area contributed by atoms with Gasteiger partial charge in [0.25, 0.3) is 5.69 Å². The van der Waals surface area contributed by atoms with Crippen LogP contribution in [0.5, 0.6) is 11.5 Å². The van der Waals surface area contributed by atoms with Crippen molar-refractivity contribution in [1.29, 1.82) is 0 Å². The Hall–Kier alpha value is -3.87. The van der Waals surface area contributed by atoms with Gasteiger partial charge in [0.15, 0.2) is 0 Å². The number of nitrogens with zero attached hydrogens (tertiary/aromatic N) is 3. The third-order valence-corrected chi connectivity index (χ3v) is 6.93. The number of non-ortho nitro benzene ring substituents is 1. The molecule has 0 aliphatic carbocycles. The van der Waals surface area contributed by atoms with E-state index < -0.39 is 39.3 Å². The summed E-state index contributed by atoms with van der Waals surface area (Å²) in [5, 5.41) is 14.1. The molecule has 2 amide bonds. The van der Waals surface area contributed by atoms with E-state index in [-0.39, 0.29) is 23.7 Å². The number of nitro benzene ring substituents is 1. The minimum Gasteiger partial charge on any atom is -0.497 e. The first-order valence-electron chi connectivity index (χ1n) is 11.9. The van der Waals surface area contributed by atoms with Crippen LogP contribution in [-0.2, 0) is 26.2 Å². The Labute approximate surface area is 222 Å². The van der Waals surface area contributed by atoms with Crippen molar-refractivity contribution in [3.8, 4) is 11.5 Å². The number of methoxy groups -OCH3 is 2. The van der Waals surface area contributed by atoms with Crippen LogP contribution in [0.2, 0.25) is 0 Å². The van der Waals surface area contributed by atoms with E-state index in [1.807, 2.05) is 6.92 Å². The van der Waals surface area contributed by atoms with Gasteiger partial charge in [0, 0.05) is 25.2 Å². The number of hydrogen-bond acceptors (Lipinski definition) is 8. The Morgan fingerprint density at radius 3 is 2.42 bits per heavy atom. The first-order chi connectivity index (χ1) is 17.9. The van der Waals surface area contributed by atoms with Crippen molar-refractivity contribution in [1.82, 2.24) is 10.2 Å². The molecule has 0 aliphatic rings. The van der Waals surface area contributed by atoms with Gasteiger partial charge in [-0.15, -0.1) is 0 Å². The van der Waals surface area contributed by atoms with E-state index in [1.54, 1.807) is 31.2 Å². The molecule has 0 aliphatic heterocycles. The van der Waals surface area contributed by atoms with E-state index in [2.05, 4.69) is 5.32 Å². The lowest BCUT2D eigenvalue weighted by Gasteiger charge is -2.31. The number of ether oxygens (including phenoxy) is 2. The summed E-state index contributed by atoms with van der Waals surface area (Å²) in [6, 6.07) is 9.44. The molecule has 0 heterocycles. The van der Waals surface area contributed by atoms with Crippen molar-refractivity contribution < 1.29 is 32.4 Å². The Bertz CT molecular complexity index is 1250. The van der Waals surface area contributed by atoms with Crippen LogP contribution in [-0.4, -0.2) is 69.7 Å². The largest absolute Gasteiger partial charge is 0.497 e. The molecule has 0 saturated heterocycles. The van der Waals surface area contributed by atoms with Crippen molar-refractivity contribution in [2.24, 2.45) is 0 Å². The predicted octanol–water partition coefficient (Wildman–Crippen LogP) is 2.71. The van der Waals surface area contributed by atoms with Gasteiger partial charge in [-0.05, 0) is 37.1 Å². The summed E-state index contributed by atoms with van der Waals surface area (Å²) in [6.07, 6.45) is 2.51.